The summed E-state index contributed by atoms with van der Waals surface area (Å²) in [6, 6.07) is 16.3. The number of benzene rings is 1. The van der Waals surface area contributed by atoms with Crippen LogP contribution in [-0.4, -0.2) is 4.98 Å². The summed E-state index contributed by atoms with van der Waals surface area (Å²) in [5.41, 5.74) is 2.33. The van der Waals surface area contributed by atoms with Crippen LogP contribution in [0.4, 0.5) is 0 Å². The molecular formula is C14H13N. The summed E-state index contributed by atoms with van der Waals surface area (Å²) in [6.07, 6.45) is 6.97. The fraction of sp³-hybridized carbons (Fsp3) is 0.0714. The second kappa shape index (κ2) is 5.11. The molecule has 0 saturated heterocycles. The smallest absolute Gasteiger partial charge is 0.0441 e. The van der Waals surface area contributed by atoms with Crippen LogP contribution in [0, 0.1) is 0 Å². The maximum Gasteiger partial charge on any atom is 0.0441 e. The lowest BCUT2D eigenvalue weighted by Gasteiger charge is -1.94. The second-order valence-corrected chi connectivity index (χ2v) is 3.34. The number of rotatable bonds is 3. The quantitative estimate of drug-likeness (QED) is 0.732. The number of allylic oxidation sites excluding steroid dienone is 1. The maximum atomic E-state index is 4.26. The zero-order valence-corrected chi connectivity index (χ0v) is 8.51. The lowest BCUT2D eigenvalue weighted by Crippen LogP contribution is -1.84. The van der Waals surface area contributed by atoms with Crippen molar-refractivity contribution in [3.05, 3.63) is 72.1 Å². The first-order valence-electron chi connectivity index (χ1n) is 5.06. The largest absolute Gasteiger partial charge is 0.261 e. The van der Waals surface area contributed by atoms with Crippen molar-refractivity contribution in [1.82, 2.24) is 4.98 Å². The normalized spacial score (nSPS) is 10.7. The van der Waals surface area contributed by atoms with E-state index in [0.717, 1.165) is 12.1 Å². The van der Waals surface area contributed by atoms with E-state index in [1.54, 1.807) is 0 Å². The Morgan fingerprint density at radius 2 is 1.73 bits per heavy atom. The van der Waals surface area contributed by atoms with Gasteiger partial charge in [0.1, 0.15) is 0 Å². The minimum atomic E-state index is 0.885. The van der Waals surface area contributed by atoms with Gasteiger partial charge in [-0.3, -0.25) is 4.98 Å². The molecule has 0 spiro atoms. The van der Waals surface area contributed by atoms with Gasteiger partial charge in [0, 0.05) is 18.3 Å². The van der Waals surface area contributed by atoms with Gasteiger partial charge >= 0.3 is 0 Å². The lowest BCUT2D eigenvalue weighted by molar-refractivity contribution is 1.11. The number of pyridine rings is 1. The Hall–Kier alpha value is -1.89. The Labute approximate surface area is 90.1 Å². The van der Waals surface area contributed by atoms with Crippen LogP contribution in [0.5, 0.6) is 0 Å². The van der Waals surface area contributed by atoms with E-state index < -0.39 is 0 Å². The van der Waals surface area contributed by atoms with Gasteiger partial charge in [-0.2, -0.15) is 0 Å². The van der Waals surface area contributed by atoms with E-state index in [4.69, 9.17) is 0 Å². The summed E-state index contributed by atoms with van der Waals surface area (Å²) in [5.74, 6) is 0. The van der Waals surface area contributed by atoms with E-state index in [0.29, 0.717) is 0 Å². The predicted molar refractivity (Wildman–Crippen MR) is 63.4 cm³/mol. The van der Waals surface area contributed by atoms with Crippen LogP contribution in [0.15, 0.2) is 60.8 Å². The van der Waals surface area contributed by atoms with Crippen molar-refractivity contribution in [1.29, 1.82) is 0 Å². The average molecular weight is 195 g/mol. The molecule has 1 heterocycles. The summed E-state index contributed by atoms with van der Waals surface area (Å²) in [5, 5.41) is 0. The molecule has 2 aromatic rings. The van der Waals surface area contributed by atoms with Gasteiger partial charge in [-0.05, 0) is 17.7 Å². The summed E-state index contributed by atoms with van der Waals surface area (Å²) in [7, 11) is 0. The fourth-order valence-corrected chi connectivity index (χ4v) is 1.40. The first-order chi connectivity index (χ1) is 7.45. The standard InChI is InChI=1S/C14H13N/c1-2-7-13(8-3-1)9-6-11-14-10-4-5-12-15-14/h1-10,12H,11H2/b9-6+. The molecule has 0 N–H and O–H groups in total. The zero-order valence-electron chi connectivity index (χ0n) is 8.51. The highest BCUT2D eigenvalue weighted by Crippen LogP contribution is 2.03. The Morgan fingerprint density at radius 1 is 0.933 bits per heavy atom. The highest BCUT2D eigenvalue weighted by atomic mass is 14.7. The van der Waals surface area contributed by atoms with Gasteiger partial charge < -0.3 is 0 Å². The molecule has 0 unspecified atom stereocenters. The van der Waals surface area contributed by atoms with Gasteiger partial charge in [0.2, 0.25) is 0 Å². The van der Waals surface area contributed by atoms with Gasteiger partial charge in [0.05, 0.1) is 0 Å². The number of aromatic nitrogens is 1. The average Bonchev–Trinajstić information content (AvgIpc) is 2.32. The van der Waals surface area contributed by atoms with Crippen molar-refractivity contribution in [2.75, 3.05) is 0 Å². The molecule has 0 aliphatic rings. The molecule has 0 amide bonds. The lowest BCUT2D eigenvalue weighted by atomic mass is 10.2. The molecule has 0 radical (unpaired) electrons. The number of nitrogens with zero attached hydrogens (tertiary/aromatic N) is 1. The molecule has 1 aromatic carbocycles. The van der Waals surface area contributed by atoms with Crippen molar-refractivity contribution in [3.8, 4) is 0 Å². The monoisotopic (exact) mass is 195 g/mol. The predicted octanol–water partition coefficient (Wildman–Crippen LogP) is 3.34. The third kappa shape index (κ3) is 3.06. The molecule has 1 heteroatoms. The highest BCUT2D eigenvalue weighted by Gasteiger charge is 1.87. The van der Waals surface area contributed by atoms with E-state index in [1.807, 2.05) is 42.6 Å². The molecule has 0 aliphatic heterocycles. The third-order valence-corrected chi connectivity index (χ3v) is 2.16. The Bertz CT molecular complexity index is 418. The molecule has 74 valence electrons. The fourth-order valence-electron chi connectivity index (χ4n) is 1.40. The van der Waals surface area contributed by atoms with Crippen LogP contribution < -0.4 is 0 Å². The molecule has 0 fully saturated rings. The van der Waals surface area contributed by atoms with Gasteiger partial charge in [-0.1, -0.05) is 48.6 Å². The Kier molecular flexibility index (Phi) is 3.29. The minimum absolute atomic E-state index is 0.885. The minimum Gasteiger partial charge on any atom is -0.261 e. The van der Waals surface area contributed by atoms with Gasteiger partial charge in [0.25, 0.3) is 0 Å². The van der Waals surface area contributed by atoms with Crippen molar-refractivity contribution in [2.24, 2.45) is 0 Å². The van der Waals surface area contributed by atoms with Crippen molar-refractivity contribution < 1.29 is 0 Å². The number of hydrogen-bond donors (Lipinski definition) is 0. The highest BCUT2D eigenvalue weighted by molar-refractivity contribution is 5.48. The third-order valence-electron chi connectivity index (χ3n) is 2.16. The topological polar surface area (TPSA) is 12.9 Å². The van der Waals surface area contributed by atoms with Crippen LogP contribution in [-0.2, 0) is 6.42 Å². The summed E-state index contributed by atoms with van der Waals surface area (Å²) in [6.45, 7) is 0. The second-order valence-electron chi connectivity index (χ2n) is 3.34. The van der Waals surface area contributed by atoms with Gasteiger partial charge in [-0.15, -0.1) is 0 Å². The molecular weight excluding hydrogens is 182 g/mol. The van der Waals surface area contributed by atoms with Crippen LogP contribution in [0.25, 0.3) is 6.08 Å². The van der Waals surface area contributed by atoms with Crippen molar-refractivity contribution >= 4 is 6.08 Å². The maximum absolute atomic E-state index is 4.26. The Balaban J connectivity index is 1.97. The van der Waals surface area contributed by atoms with E-state index in [-0.39, 0.29) is 0 Å². The molecule has 1 aromatic heterocycles. The van der Waals surface area contributed by atoms with Crippen LogP contribution in [0.3, 0.4) is 0 Å². The molecule has 0 atom stereocenters. The SMILES string of the molecule is C(=C\c1ccccc1)/Cc1ccccn1. The van der Waals surface area contributed by atoms with Crippen LogP contribution in [0.2, 0.25) is 0 Å². The molecule has 15 heavy (non-hydrogen) atoms. The van der Waals surface area contributed by atoms with E-state index in [2.05, 4.69) is 29.3 Å². The Morgan fingerprint density at radius 3 is 2.47 bits per heavy atom. The van der Waals surface area contributed by atoms with E-state index in [9.17, 15) is 0 Å². The summed E-state index contributed by atoms with van der Waals surface area (Å²) in [4.78, 5) is 4.26. The van der Waals surface area contributed by atoms with Crippen LogP contribution in [0.1, 0.15) is 11.3 Å². The van der Waals surface area contributed by atoms with Crippen LogP contribution >= 0.6 is 0 Å². The van der Waals surface area contributed by atoms with Gasteiger partial charge in [-0.25, -0.2) is 0 Å². The van der Waals surface area contributed by atoms with E-state index >= 15 is 0 Å². The first-order valence-corrected chi connectivity index (χ1v) is 5.06. The van der Waals surface area contributed by atoms with E-state index in [1.165, 1.54) is 5.56 Å². The number of hydrogen-bond acceptors (Lipinski definition) is 1. The first kappa shape index (κ1) is 9.66. The molecule has 0 aliphatic carbocycles. The van der Waals surface area contributed by atoms with Crippen molar-refractivity contribution in [2.45, 2.75) is 6.42 Å². The molecule has 2 rings (SSSR count). The zero-order chi connectivity index (χ0) is 10.3. The summed E-state index contributed by atoms with van der Waals surface area (Å²) < 4.78 is 0. The molecule has 0 bridgehead atoms. The molecule has 1 nitrogen and oxygen atoms in total. The van der Waals surface area contributed by atoms with Crippen molar-refractivity contribution in [3.63, 3.8) is 0 Å². The summed E-state index contributed by atoms with van der Waals surface area (Å²) >= 11 is 0. The molecule has 0 saturated carbocycles. The van der Waals surface area contributed by atoms with Gasteiger partial charge in [0.15, 0.2) is 0 Å².